The molecule has 1 aliphatic rings. The molecule has 0 spiro atoms. The van der Waals surface area contributed by atoms with Crippen LogP contribution in [0.3, 0.4) is 0 Å². The van der Waals surface area contributed by atoms with Gasteiger partial charge in [-0.1, -0.05) is 24.4 Å². The van der Waals surface area contributed by atoms with Crippen molar-refractivity contribution >= 4 is 17.2 Å². The average Bonchev–Trinajstić information content (AvgIpc) is 2.48. The summed E-state index contributed by atoms with van der Waals surface area (Å²) < 4.78 is 5.81. The number of ether oxygens (including phenoxy) is 1. The van der Waals surface area contributed by atoms with E-state index >= 15 is 0 Å². The predicted molar refractivity (Wildman–Crippen MR) is 91.0 cm³/mol. The molecule has 1 aliphatic heterocycles. The lowest BCUT2D eigenvalue weighted by Gasteiger charge is -2.35. The van der Waals surface area contributed by atoms with Crippen LogP contribution in [-0.2, 0) is 0 Å². The highest BCUT2D eigenvalue weighted by molar-refractivity contribution is 7.80. The zero-order valence-corrected chi connectivity index (χ0v) is 13.7. The van der Waals surface area contributed by atoms with Crippen molar-refractivity contribution in [2.24, 2.45) is 5.73 Å². The average molecular weight is 307 g/mol. The van der Waals surface area contributed by atoms with Crippen molar-refractivity contribution in [1.82, 2.24) is 9.80 Å². The fourth-order valence-corrected chi connectivity index (χ4v) is 2.82. The molecule has 1 aromatic carbocycles. The van der Waals surface area contributed by atoms with Crippen LogP contribution < -0.4 is 10.5 Å². The maximum atomic E-state index is 5.81. The zero-order chi connectivity index (χ0) is 15.2. The van der Waals surface area contributed by atoms with E-state index in [9.17, 15) is 0 Å². The summed E-state index contributed by atoms with van der Waals surface area (Å²) in [4.78, 5) is 5.21. The van der Waals surface area contributed by atoms with Gasteiger partial charge >= 0.3 is 0 Å². The molecule has 5 heteroatoms. The molecule has 0 saturated carbocycles. The van der Waals surface area contributed by atoms with E-state index in [1.165, 1.54) is 12.8 Å². The Morgan fingerprint density at radius 2 is 2.10 bits per heavy atom. The SMILES string of the molecule is CN(C)C1CCN(CCOc2cccc(C(N)=S)c2)CC1. The molecule has 1 fully saturated rings. The van der Waals surface area contributed by atoms with Gasteiger partial charge in [-0.05, 0) is 52.2 Å². The molecule has 4 nitrogen and oxygen atoms in total. The molecule has 2 rings (SSSR count). The lowest BCUT2D eigenvalue weighted by molar-refractivity contribution is 0.128. The summed E-state index contributed by atoms with van der Waals surface area (Å²) in [7, 11) is 4.33. The number of nitrogens with two attached hydrogens (primary N) is 1. The number of benzene rings is 1. The van der Waals surface area contributed by atoms with Crippen LogP contribution >= 0.6 is 12.2 Å². The van der Waals surface area contributed by atoms with Gasteiger partial charge in [0.05, 0.1) is 0 Å². The van der Waals surface area contributed by atoms with Crippen LogP contribution in [0, 0.1) is 0 Å². The maximum absolute atomic E-state index is 5.81. The minimum absolute atomic E-state index is 0.409. The molecular weight excluding hydrogens is 282 g/mol. The van der Waals surface area contributed by atoms with Gasteiger partial charge in [-0.2, -0.15) is 0 Å². The van der Waals surface area contributed by atoms with Crippen molar-refractivity contribution in [1.29, 1.82) is 0 Å². The number of likely N-dealkylation sites (tertiary alicyclic amines) is 1. The third kappa shape index (κ3) is 4.95. The lowest BCUT2D eigenvalue weighted by Crippen LogP contribution is -2.43. The van der Waals surface area contributed by atoms with Crippen LogP contribution in [0.4, 0.5) is 0 Å². The van der Waals surface area contributed by atoms with E-state index in [0.717, 1.165) is 37.0 Å². The Balaban J connectivity index is 1.73. The van der Waals surface area contributed by atoms with Gasteiger partial charge in [0.15, 0.2) is 0 Å². The summed E-state index contributed by atoms with van der Waals surface area (Å²) in [6.07, 6.45) is 2.48. The molecule has 0 aromatic heterocycles. The monoisotopic (exact) mass is 307 g/mol. The Kier molecular flexibility index (Phi) is 5.96. The molecule has 0 radical (unpaired) electrons. The number of rotatable bonds is 6. The standard InChI is InChI=1S/C16H25N3OS/c1-18(2)14-6-8-19(9-7-14)10-11-20-15-5-3-4-13(12-15)16(17)21/h3-5,12,14H,6-11H2,1-2H3,(H2,17,21). The van der Waals surface area contributed by atoms with Gasteiger partial charge in [-0.3, -0.25) is 4.90 Å². The van der Waals surface area contributed by atoms with Crippen molar-refractivity contribution in [2.45, 2.75) is 18.9 Å². The highest BCUT2D eigenvalue weighted by atomic mass is 32.1. The lowest BCUT2D eigenvalue weighted by atomic mass is 10.0. The molecule has 2 N–H and O–H groups in total. The molecule has 1 saturated heterocycles. The van der Waals surface area contributed by atoms with Crippen LogP contribution in [0.25, 0.3) is 0 Å². The molecule has 116 valence electrons. The van der Waals surface area contributed by atoms with Crippen molar-refractivity contribution in [2.75, 3.05) is 40.3 Å². The Hall–Kier alpha value is -1.17. The first-order valence-corrected chi connectivity index (χ1v) is 7.88. The summed E-state index contributed by atoms with van der Waals surface area (Å²) in [6, 6.07) is 8.40. The van der Waals surface area contributed by atoms with E-state index in [1.807, 2.05) is 24.3 Å². The van der Waals surface area contributed by atoms with E-state index in [1.54, 1.807) is 0 Å². The Morgan fingerprint density at radius 1 is 1.38 bits per heavy atom. The Labute approximate surface area is 132 Å². The van der Waals surface area contributed by atoms with Crippen molar-refractivity contribution in [3.05, 3.63) is 29.8 Å². The van der Waals surface area contributed by atoms with Gasteiger partial charge in [0, 0.05) is 18.2 Å². The normalized spacial score (nSPS) is 17.1. The summed E-state index contributed by atoms with van der Waals surface area (Å²) in [5.74, 6) is 0.837. The van der Waals surface area contributed by atoms with Gasteiger partial charge in [-0.25, -0.2) is 0 Å². The molecule has 1 aromatic rings. The quantitative estimate of drug-likeness (QED) is 0.811. The maximum Gasteiger partial charge on any atom is 0.120 e. The van der Waals surface area contributed by atoms with E-state index in [2.05, 4.69) is 23.9 Å². The predicted octanol–water partition coefficient (Wildman–Crippen LogP) is 1.73. The van der Waals surface area contributed by atoms with Gasteiger partial charge in [0.25, 0.3) is 0 Å². The smallest absolute Gasteiger partial charge is 0.120 e. The van der Waals surface area contributed by atoms with Crippen LogP contribution in [0.15, 0.2) is 24.3 Å². The van der Waals surface area contributed by atoms with Crippen LogP contribution in [0.5, 0.6) is 5.75 Å². The van der Waals surface area contributed by atoms with E-state index < -0.39 is 0 Å². The summed E-state index contributed by atoms with van der Waals surface area (Å²) >= 11 is 4.98. The number of hydrogen-bond acceptors (Lipinski definition) is 4. The zero-order valence-electron chi connectivity index (χ0n) is 12.9. The third-order valence-corrected chi connectivity index (χ3v) is 4.32. The number of nitrogens with zero attached hydrogens (tertiary/aromatic N) is 2. The van der Waals surface area contributed by atoms with Crippen molar-refractivity contribution in [3.8, 4) is 5.75 Å². The highest BCUT2D eigenvalue weighted by Crippen LogP contribution is 2.15. The summed E-state index contributed by atoms with van der Waals surface area (Å²) in [5, 5.41) is 0. The third-order valence-electron chi connectivity index (χ3n) is 4.08. The van der Waals surface area contributed by atoms with Crippen LogP contribution in [-0.4, -0.2) is 61.2 Å². The molecular formula is C16H25N3OS. The second-order valence-corrected chi connectivity index (χ2v) is 6.22. The van der Waals surface area contributed by atoms with Gasteiger partial charge in [0.2, 0.25) is 0 Å². The molecule has 21 heavy (non-hydrogen) atoms. The molecule has 0 atom stereocenters. The van der Waals surface area contributed by atoms with Crippen LogP contribution in [0.1, 0.15) is 18.4 Å². The largest absolute Gasteiger partial charge is 0.492 e. The van der Waals surface area contributed by atoms with Gasteiger partial charge < -0.3 is 15.4 Å². The highest BCUT2D eigenvalue weighted by Gasteiger charge is 2.20. The second-order valence-electron chi connectivity index (χ2n) is 5.78. The summed E-state index contributed by atoms with van der Waals surface area (Å²) in [5.41, 5.74) is 6.49. The van der Waals surface area contributed by atoms with E-state index in [4.69, 9.17) is 22.7 Å². The van der Waals surface area contributed by atoms with Crippen LogP contribution in [0.2, 0.25) is 0 Å². The number of piperidine rings is 1. The molecule has 0 aliphatic carbocycles. The van der Waals surface area contributed by atoms with Gasteiger partial charge in [-0.15, -0.1) is 0 Å². The topological polar surface area (TPSA) is 41.7 Å². The van der Waals surface area contributed by atoms with E-state index in [0.29, 0.717) is 11.6 Å². The molecule has 0 amide bonds. The first-order chi connectivity index (χ1) is 10.1. The summed E-state index contributed by atoms with van der Waals surface area (Å²) in [6.45, 7) is 3.98. The second kappa shape index (κ2) is 7.73. The van der Waals surface area contributed by atoms with Crippen molar-refractivity contribution < 1.29 is 4.74 Å². The fraction of sp³-hybridized carbons (Fsp3) is 0.562. The fourth-order valence-electron chi connectivity index (χ4n) is 2.69. The minimum atomic E-state index is 0.409. The minimum Gasteiger partial charge on any atom is -0.492 e. The van der Waals surface area contributed by atoms with Gasteiger partial charge in [0.1, 0.15) is 17.3 Å². The number of thiocarbonyl (C=S) groups is 1. The first kappa shape index (κ1) is 16.2. The Bertz CT molecular complexity index is 470. The van der Waals surface area contributed by atoms with E-state index in [-0.39, 0.29) is 0 Å². The van der Waals surface area contributed by atoms with Crippen molar-refractivity contribution in [3.63, 3.8) is 0 Å². The molecule has 1 heterocycles. The molecule has 0 unspecified atom stereocenters. The first-order valence-electron chi connectivity index (χ1n) is 7.47. The number of hydrogen-bond donors (Lipinski definition) is 1. The molecule has 0 bridgehead atoms. The Morgan fingerprint density at radius 3 is 2.71 bits per heavy atom.